The number of hydrogen-bond acceptors (Lipinski definition) is 3. The van der Waals surface area contributed by atoms with Gasteiger partial charge in [0.1, 0.15) is 5.82 Å². The SMILES string of the molecule is O=C(c1ccc(F)cc1)N1CCCN(Cc2cccc3c2NCC3)CC1. The second-order valence-electron chi connectivity index (χ2n) is 7.06. The maximum Gasteiger partial charge on any atom is 0.253 e. The average molecular weight is 353 g/mol. The average Bonchev–Trinajstić information content (AvgIpc) is 3.02. The van der Waals surface area contributed by atoms with E-state index in [2.05, 4.69) is 28.4 Å². The lowest BCUT2D eigenvalue weighted by Gasteiger charge is -2.23. The van der Waals surface area contributed by atoms with Crippen LogP contribution in [-0.2, 0) is 13.0 Å². The molecule has 0 spiro atoms. The highest BCUT2D eigenvalue weighted by Crippen LogP contribution is 2.27. The molecule has 1 saturated heterocycles. The van der Waals surface area contributed by atoms with E-state index in [1.54, 1.807) is 12.1 Å². The van der Waals surface area contributed by atoms with Gasteiger partial charge in [-0.05, 0) is 48.2 Å². The number of amides is 1. The van der Waals surface area contributed by atoms with E-state index in [9.17, 15) is 9.18 Å². The molecule has 4 rings (SSSR count). The number of anilines is 1. The van der Waals surface area contributed by atoms with Crippen molar-refractivity contribution in [2.45, 2.75) is 19.4 Å². The molecule has 0 aromatic heterocycles. The van der Waals surface area contributed by atoms with Crippen molar-refractivity contribution in [3.63, 3.8) is 0 Å². The highest BCUT2D eigenvalue weighted by atomic mass is 19.1. The summed E-state index contributed by atoms with van der Waals surface area (Å²) in [6, 6.07) is 12.4. The molecular weight excluding hydrogens is 329 g/mol. The fourth-order valence-corrected chi connectivity index (χ4v) is 3.89. The predicted molar refractivity (Wildman–Crippen MR) is 101 cm³/mol. The maximum absolute atomic E-state index is 13.1. The van der Waals surface area contributed by atoms with Crippen molar-refractivity contribution in [1.29, 1.82) is 0 Å². The Hall–Kier alpha value is -2.40. The van der Waals surface area contributed by atoms with Crippen molar-refractivity contribution in [2.75, 3.05) is 38.0 Å². The molecular formula is C21H24FN3O. The van der Waals surface area contributed by atoms with Gasteiger partial charge in [-0.1, -0.05) is 18.2 Å². The predicted octanol–water partition coefficient (Wildman–Crippen LogP) is 3.14. The van der Waals surface area contributed by atoms with E-state index in [1.165, 1.54) is 28.9 Å². The largest absolute Gasteiger partial charge is 0.384 e. The number of fused-ring (bicyclic) bond motifs is 1. The number of carbonyl (C=O) groups excluding carboxylic acids is 1. The van der Waals surface area contributed by atoms with Crippen molar-refractivity contribution in [1.82, 2.24) is 9.80 Å². The lowest BCUT2D eigenvalue weighted by Crippen LogP contribution is -2.35. The first kappa shape index (κ1) is 17.0. The third-order valence-electron chi connectivity index (χ3n) is 5.29. The summed E-state index contributed by atoms with van der Waals surface area (Å²) in [4.78, 5) is 17.0. The molecule has 4 nitrogen and oxygen atoms in total. The summed E-state index contributed by atoms with van der Waals surface area (Å²) in [6.07, 6.45) is 2.05. The van der Waals surface area contributed by atoms with Gasteiger partial charge in [-0.3, -0.25) is 9.69 Å². The fourth-order valence-electron chi connectivity index (χ4n) is 3.89. The Morgan fingerprint density at radius 1 is 1.04 bits per heavy atom. The summed E-state index contributed by atoms with van der Waals surface area (Å²) >= 11 is 0. The normalized spacial score (nSPS) is 17.5. The molecule has 2 aromatic rings. The number of hydrogen-bond donors (Lipinski definition) is 1. The maximum atomic E-state index is 13.1. The number of carbonyl (C=O) groups is 1. The highest BCUT2D eigenvalue weighted by molar-refractivity contribution is 5.94. The number of para-hydroxylation sites is 1. The van der Waals surface area contributed by atoms with Crippen LogP contribution in [0.3, 0.4) is 0 Å². The lowest BCUT2D eigenvalue weighted by atomic mass is 10.1. The summed E-state index contributed by atoms with van der Waals surface area (Å²) in [5, 5.41) is 3.51. The first-order chi connectivity index (χ1) is 12.7. The van der Waals surface area contributed by atoms with Gasteiger partial charge in [0.25, 0.3) is 5.91 Å². The Bertz CT molecular complexity index is 790. The zero-order valence-corrected chi connectivity index (χ0v) is 14.9. The molecule has 2 heterocycles. The molecule has 1 amide bonds. The Balaban J connectivity index is 1.40. The molecule has 26 heavy (non-hydrogen) atoms. The number of nitrogens with zero attached hydrogens (tertiary/aromatic N) is 2. The number of nitrogens with one attached hydrogen (secondary N) is 1. The highest BCUT2D eigenvalue weighted by Gasteiger charge is 2.22. The van der Waals surface area contributed by atoms with Crippen molar-refractivity contribution < 1.29 is 9.18 Å². The summed E-state index contributed by atoms with van der Waals surface area (Å²) in [6.45, 7) is 5.23. The van der Waals surface area contributed by atoms with E-state index < -0.39 is 0 Å². The molecule has 0 radical (unpaired) electrons. The van der Waals surface area contributed by atoms with E-state index >= 15 is 0 Å². The van der Waals surface area contributed by atoms with Crippen molar-refractivity contribution in [3.8, 4) is 0 Å². The summed E-state index contributed by atoms with van der Waals surface area (Å²) in [5.74, 6) is -0.318. The quantitative estimate of drug-likeness (QED) is 0.921. The van der Waals surface area contributed by atoms with Crippen LogP contribution in [0.1, 0.15) is 27.9 Å². The summed E-state index contributed by atoms with van der Waals surface area (Å²) < 4.78 is 13.1. The van der Waals surface area contributed by atoms with Gasteiger partial charge in [0.05, 0.1) is 0 Å². The number of rotatable bonds is 3. The van der Waals surface area contributed by atoms with Gasteiger partial charge in [0.2, 0.25) is 0 Å². The molecule has 0 atom stereocenters. The van der Waals surface area contributed by atoms with Crippen molar-refractivity contribution in [2.24, 2.45) is 0 Å². The van der Waals surface area contributed by atoms with E-state index in [-0.39, 0.29) is 11.7 Å². The van der Waals surface area contributed by atoms with E-state index in [0.717, 1.165) is 45.6 Å². The molecule has 2 aliphatic heterocycles. The van der Waals surface area contributed by atoms with Gasteiger partial charge in [-0.2, -0.15) is 0 Å². The van der Waals surface area contributed by atoms with E-state index in [4.69, 9.17) is 0 Å². The van der Waals surface area contributed by atoms with Crippen LogP contribution in [0.15, 0.2) is 42.5 Å². The second kappa shape index (κ2) is 7.46. The minimum absolute atomic E-state index is 0.00544. The fraction of sp³-hybridized carbons (Fsp3) is 0.381. The molecule has 136 valence electrons. The van der Waals surface area contributed by atoms with Gasteiger partial charge >= 0.3 is 0 Å². The molecule has 2 aromatic carbocycles. The van der Waals surface area contributed by atoms with Crippen LogP contribution >= 0.6 is 0 Å². The van der Waals surface area contributed by atoms with Gasteiger partial charge < -0.3 is 10.2 Å². The van der Waals surface area contributed by atoms with E-state index in [0.29, 0.717) is 12.1 Å². The Morgan fingerprint density at radius 2 is 1.88 bits per heavy atom. The van der Waals surface area contributed by atoms with Crippen LogP contribution in [0.4, 0.5) is 10.1 Å². The Kier molecular flexibility index (Phi) is 4.89. The van der Waals surface area contributed by atoms with Crippen LogP contribution in [0, 0.1) is 5.82 Å². The molecule has 1 N–H and O–H groups in total. The standard InChI is InChI=1S/C21H24FN3O/c22-19-7-5-17(6-8-19)21(26)25-12-2-11-24(13-14-25)15-18-4-1-3-16-9-10-23-20(16)18/h1,3-8,23H,2,9-15H2. The Morgan fingerprint density at radius 3 is 2.73 bits per heavy atom. The van der Waals surface area contributed by atoms with Crippen LogP contribution in [0.5, 0.6) is 0 Å². The molecule has 0 saturated carbocycles. The molecule has 0 bridgehead atoms. The molecule has 0 aliphatic carbocycles. The minimum atomic E-state index is -0.312. The van der Waals surface area contributed by atoms with Gasteiger partial charge in [-0.25, -0.2) is 4.39 Å². The van der Waals surface area contributed by atoms with Crippen LogP contribution in [0.2, 0.25) is 0 Å². The van der Waals surface area contributed by atoms with Crippen LogP contribution in [0.25, 0.3) is 0 Å². The van der Waals surface area contributed by atoms with Crippen molar-refractivity contribution in [3.05, 3.63) is 65.0 Å². The second-order valence-corrected chi connectivity index (χ2v) is 7.06. The monoisotopic (exact) mass is 353 g/mol. The number of halogens is 1. The van der Waals surface area contributed by atoms with Gasteiger partial charge in [0.15, 0.2) is 0 Å². The van der Waals surface area contributed by atoms with E-state index in [1.807, 2.05) is 4.90 Å². The molecule has 5 heteroatoms. The van der Waals surface area contributed by atoms with Gasteiger partial charge in [0, 0.05) is 50.5 Å². The first-order valence-electron chi connectivity index (χ1n) is 9.32. The first-order valence-corrected chi connectivity index (χ1v) is 9.32. The van der Waals surface area contributed by atoms with Crippen LogP contribution < -0.4 is 5.32 Å². The van der Waals surface area contributed by atoms with Gasteiger partial charge in [-0.15, -0.1) is 0 Å². The Labute approximate surface area is 153 Å². The molecule has 1 fully saturated rings. The topological polar surface area (TPSA) is 35.6 Å². The van der Waals surface area contributed by atoms with Crippen LogP contribution in [-0.4, -0.2) is 48.4 Å². The van der Waals surface area contributed by atoms with Crippen molar-refractivity contribution >= 4 is 11.6 Å². The third-order valence-corrected chi connectivity index (χ3v) is 5.29. The molecule has 2 aliphatic rings. The summed E-state index contributed by atoms with van der Waals surface area (Å²) in [5.41, 5.74) is 4.62. The lowest BCUT2D eigenvalue weighted by molar-refractivity contribution is 0.0761. The molecule has 0 unspecified atom stereocenters. The minimum Gasteiger partial charge on any atom is -0.384 e. The third kappa shape index (κ3) is 3.58. The smallest absolute Gasteiger partial charge is 0.253 e. The summed E-state index contributed by atoms with van der Waals surface area (Å²) in [7, 11) is 0. The zero-order valence-electron chi connectivity index (χ0n) is 14.9. The zero-order chi connectivity index (χ0) is 17.9. The number of benzene rings is 2.